The molecule has 1 nitrogen and oxygen atoms in total. The number of halogens is 1. The Morgan fingerprint density at radius 3 is 2.18 bits per heavy atom. The zero-order chi connectivity index (χ0) is 7.40. The summed E-state index contributed by atoms with van der Waals surface area (Å²) >= 11 is 0. The first-order chi connectivity index (χ1) is 4.86. The molecule has 1 N–H and O–H groups in total. The second-order valence-corrected chi connectivity index (χ2v) is 2.08. The molecule has 1 aromatic rings. The van der Waals surface area contributed by atoms with Crippen LogP contribution in [0.15, 0.2) is 30.8 Å². The number of nitrogens with one attached hydrogen (secondary N) is 1. The largest absolute Gasteiger partial charge is 0.388 e. The Morgan fingerprint density at radius 2 is 1.82 bits per heavy atom. The van der Waals surface area contributed by atoms with E-state index in [-0.39, 0.29) is 12.4 Å². The molecule has 0 atom stereocenters. The lowest BCUT2D eigenvalue weighted by Crippen LogP contribution is -1.85. The van der Waals surface area contributed by atoms with Crippen LogP contribution >= 0.6 is 12.4 Å². The summed E-state index contributed by atoms with van der Waals surface area (Å²) in [6.07, 6.45) is 1.83. The maximum absolute atomic E-state index is 3.67. The first-order valence-electron chi connectivity index (χ1n) is 3.27. The van der Waals surface area contributed by atoms with Crippen molar-refractivity contribution in [1.82, 2.24) is 0 Å². The normalized spacial score (nSPS) is 8.09. The molecular weight excluding hydrogens is 158 g/mol. The van der Waals surface area contributed by atoms with Crippen LogP contribution in [0.3, 0.4) is 0 Å². The van der Waals surface area contributed by atoms with Crippen LogP contribution < -0.4 is 5.32 Å². The number of anilines is 1. The summed E-state index contributed by atoms with van der Waals surface area (Å²) in [5.74, 6) is 0. The minimum absolute atomic E-state index is 0. The molecule has 0 aliphatic heterocycles. The Balaban J connectivity index is 0.000001000. The van der Waals surface area contributed by atoms with Crippen molar-refractivity contribution in [2.45, 2.75) is 0 Å². The van der Waals surface area contributed by atoms with Gasteiger partial charge in [-0.1, -0.05) is 24.8 Å². The Labute approximate surface area is 73.5 Å². The lowest BCUT2D eigenvalue weighted by atomic mass is 10.2. The average molecular weight is 170 g/mol. The van der Waals surface area contributed by atoms with E-state index in [1.165, 1.54) is 0 Å². The average Bonchev–Trinajstić information content (AvgIpc) is 2.05. The number of benzene rings is 1. The molecule has 0 bridgehead atoms. The van der Waals surface area contributed by atoms with Crippen LogP contribution in [-0.4, -0.2) is 7.05 Å². The molecule has 60 valence electrons. The standard InChI is InChI=1S/C9H11N.ClH/c1-3-8-4-6-9(10-2)7-5-8;/h3-7,10H,1H2,2H3;1H. The fourth-order valence-electron chi connectivity index (χ4n) is 0.786. The molecule has 1 rings (SSSR count). The van der Waals surface area contributed by atoms with Gasteiger partial charge in [0.1, 0.15) is 0 Å². The molecule has 11 heavy (non-hydrogen) atoms. The molecule has 0 spiro atoms. The lowest BCUT2D eigenvalue weighted by Gasteiger charge is -1.98. The van der Waals surface area contributed by atoms with E-state index < -0.39 is 0 Å². The summed E-state index contributed by atoms with van der Waals surface area (Å²) in [4.78, 5) is 0. The highest BCUT2D eigenvalue weighted by Crippen LogP contribution is 2.08. The van der Waals surface area contributed by atoms with Crippen molar-refractivity contribution >= 4 is 24.2 Å². The number of hydrogen-bond acceptors (Lipinski definition) is 1. The summed E-state index contributed by atoms with van der Waals surface area (Å²) in [6.45, 7) is 3.67. The van der Waals surface area contributed by atoms with Gasteiger partial charge in [0.15, 0.2) is 0 Å². The minimum Gasteiger partial charge on any atom is -0.388 e. The van der Waals surface area contributed by atoms with Crippen LogP contribution in [-0.2, 0) is 0 Å². The molecule has 0 fully saturated rings. The van der Waals surface area contributed by atoms with Crippen LogP contribution in [0, 0.1) is 0 Å². The fraction of sp³-hybridized carbons (Fsp3) is 0.111. The molecule has 0 unspecified atom stereocenters. The van der Waals surface area contributed by atoms with Gasteiger partial charge in [-0.05, 0) is 17.7 Å². The highest BCUT2D eigenvalue weighted by Gasteiger charge is 1.85. The van der Waals surface area contributed by atoms with E-state index in [2.05, 4.69) is 11.9 Å². The second-order valence-electron chi connectivity index (χ2n) is 2.08. The van der Waals surface area contributed by atoms with E-state index in [0.717, 1.165) is 11.3 Å². The molecule has 0 heterocycles. The van der Waals surface area contributed by atoms with Crippen molar-refractivity contribution in [2.75, 3.05) is 12.4 Å². The lowest BCUT2D eigenvalue weighted by molar-refractivity contribution is 1.51. The van der Waals surface area contributed by atoms with E-state index in [1.54, 1.807) is 0 Å². The zero-order valence-electron chi connectivity index (χ0n) is 6.50. The van der Waals surface area contributed by atoms with Gasteiger partial charge in [0.2, 0.25) is 0 Å². The van der Waals surface area contributed by atoms with Crippen molar-refractivity contribution in [3.8, 4) is 0 Å². The van der Waals surface area contributed by atoms with Crippen molar-refractivity contribution in [2.24, 2.45) is 0 Å². The van der Waals surface area contributed by atoms with Gasteiger partial charge in [-0.25, -0.2) is 0 Å². The number of rotatable bonds is 2. The van der Waals surface area contributed by atoms with Crippen molar-refractivity contribution in [3.05, 3.63) is 36.4 Å². The summed E-state index contributed by atoms with van der Waals surface area (Å²) in [6, 6.07) is 8.10. The van der Waals surface area contributed by atoms with Gasteiger partial charge in [0.05, 0.1) is 0 Å². The molecule has 0 aliphatic rings. The number of hydrogen-bond donors (Lipinski definition) is 1. The molecular formula is C9H12ClN. The molecule has 0 aliphatic carbocycles. The maximum atomic E-state index is 3.67. The van der Waals surface area contributed by atoms with Gasteiger partial charge in [-0.3, -0.25) is 0 Å². The van der Waals surface area contributed by atoms with Crippen LogP contribution in [0.4, 0.5) is 5.69 Å². The van der Waals surface area contributed by atoms with E-state index in [1.807, 2.05) is 37.4 Å². The summed E-state index contributed by atoms with van der Waals surface area (Å²) in [5, 5.41) is 3.04. The van der Waals surface area contributed by atoms with Gasteiger partial charge in [0.25, 0.3) is 0 Å². The Bertz CT molecular complexity index is 216. The van der Waals surface area contributed by atoms with Gasteiger partial charge in [0, 0.05) is 12.7 Å². The van der Waals surface area contributed by atoms with E-state index in [0.29, 0.717) is 0 Å². The third-order valence-corrected chi connectivity index (χ3v) is 1.44. The van der Waals surface area contributed by atoms with E-state index in [9.17, 15) is 0 Å². The monoisotopic (exact) mass is 169 g/mol. The molecule has 2 heteroatoms. The Kier molecular flexibility index (Phi) is 4.39. The predicted molar refractivity (Wildman–Crippen MR) is 53.3 cm³/mol. The van der Waals surface area contributed by atoms with E-state index in [4.69, 9.17) is 0 Å². The van der Waals surface area contributed by atoms with Crippen molar-refractivity contribution in [3.63, 3.8) is 0 Å². The van der Waals surface area contributed by atoms with Gasteiger partial charge in [-0.2, -0.15) is 0 Å². The first-order valence-corrected chi connectivity index (χ1v) is 3.27. The van der Waals surface area contributed by atoms with Crippen molar-refractivity contribution < 1.29 is 0 Å². The van der Waals surface area contributed by atoms with E-state index >= 15 is 0 Å². The third-order valence-electron chi connectivity index (χ3n) is 1.44. The van der Waals surface area contributed by atoms with Gasteiger partial charge in [-0.15, -0.1) is 12.4 Å². The Morgan fingerprint density at radius 1 is 1.27 bits per heavy atom. The quantitative estimate of drug-likeness (QED) is 0.718. The predicted octanol–water partition coefficient (Wildman–Crippen LogP) is 2.79. The van der Waals surface area contributed by atoms with Crippen LogP contribution in [0.1, 0.15) is 5.56 Å². The highest BCUT2D eigenvalue weighted by molar-refractivity contribution is 5.85. The molecule has 1 aromatic carbocycles. The molecule has 0 radical (unpaired) electrons. The van der Waals surface area contributed by atoms with Gasteiger partial charge < -0.3 is 5.32 Å². The highest BCUT2D eigenvalue weighted by atomic mass is 35.5. The third kappa shape index (κ3) is 2.64. The molecule has 0 saturated carbocycles. The molecule has 0 amide bonds. The Hall–Kier alpha value is -0.950. The second kappa shape index (κ2) is 4.80. The molecule has 0 aromatic heterocycles. The van der Waals surface area contributed by atoms with Crippen LogP contribution in [0.25, 0.3) is 6.08 Å². The van der Waals surface area contributed by atoms with Crippen molar-refractivity contribution in [1.29, 1.82) is 0 Å². The zero-order valence-corrected chi connectivity index (χ0v) is 7.32. The topological polar surface area (TPSA) is 12.0 Å². The SMILES string of the molecule is C=Cc1ccc(NC)cc1.Cl. The maximum Gasteiger partial charge on any atom is 0.0337 e. The van der Waals surface area contributed by atoms with Gasteiger partial charge >= 0.3 is 0 Å². The first kappa shape index (κ1) is 10.0. The van der Waals surface area contributed by atoms with Crippen LogP contribution in [0.5, 0.6) is 0 Å². The minimum atomic E-state index is 0. The summed E-state index contributed by atoms with van der Waals surface area (Å²) in [7, 11) is 1.91. The summed E-state index contributed by atoms with van der Waals surface area (Å²) < 4.78 is 0. The molecule has 0 saturated heterocycles. The smallest absolute Gasteiger partial charge is 0.0337 e. The van der Waals surface area contributed by atoms with Crippen LogP contribution in [0.2, 0.25) is 0 Å². The fourth-order valence-corrected chi connectivity index (χ4v) is 0.786. The summed E-state index contributed by atoms with van der Waals surface area (Å²) in [5.41, 5.74) is 2.28.